The molecule has 1 unspecified atom stereocenters. The minimum atomic E-state index is 0.770. The molecule has 0 amide bonds. The molecule has 1 atom stereocenters. The lowest BCUT2D eigenvalue weighted by Gasteiger charge is -2.36. The fraction of sp³-hybridized carbons (Fsp3) is 1.00. The Labute approximate surface area is 107 Å². The molecule has 100 valence electrons. The third-order valence-electron chi connectivity index (χ3n) is 5.00. The molecule has 0 aromatic rings. The van der Waals surface area contributed by atoms with E-state index >= 15 is 0 Å². The zero-order valence-electron chi connectivity index (χ0n) is 11.8. The molecule has 2 nitrogen and oxygen atoms in total. The highest BCUT2D eigenvalue weighted by Crippen LogP contribution is 2.29. The van der Waals surface area contributed by atoms with Crippen molar-refractivity contribution in [2.24, 2.45) is 5.92 Å². The summed E-state index contributed by atoms with van der Waals surface area (Å²) in [6, 6.07) is 1.67. The predicted molar refractivity (Wildman–Crippen MR) is 74.3 cm³/mol. The summed E-state index contributed by atoms with van der Waals surface area (Å²) < 4.78 is 0. The molecule has 2 aliphatic rings. The van der Waals surface area contributed by atoms with Crippen LogP contribution in [0.3, 0.4) is 0 Å². The van der Waals surface area contributed by atoms with E-state index in [9.17, 15) is 0 Å². The Kier molecular flexibility index (Phi) is 5.30. The lowest BCUT2D eigenvalue weighted by Crippen LogP contribution is -2.40. The largest absolute Gasteiger partial charge is 0.313 e. The van der Waals surface area contributed by atoms with Crippen LogP contribution in [0, 0.1) is 5.92 Å². The van der Waals surface area contributed by atoms with Gasteiger partial charge in [0.25, 0.3) is 0 Å². The topological polar surface area (TPSA) is 15.3 Å². The SMILES string of the molecule is CCC1CCC(N2CCNC(CC)CC2)CC1. The minimum Gasteiger partial charge on any atom is -0.313 e. The summed E-state index contributed by atoms with van der Waals surface area (Å²) in [5.74, 6) is 1.03. The van der Waals surface area contributed by atoms with Gasteiger partial charge in [-0.05, 0) is 51.0 Å². The molecule has 1 saturated carbocycles. The maximum Gasteiger partial charge on any atom is 0.0110 e. The Balaban J connectivity index is 1.78. The lowest BCUT2D eigenvalue weighted by atomic mass is 9.84. The average molecular weight is 238 g/mol. The lowest BCUT2D eigenvalue weighted by molar-refractivity contribution is 0.142. The zero-order valence-corrected chi connectivity index (χ0v) is 11.8. The van der Waals surface area contributed by atoms with Crippen LogP contribution in [0.4, 0.5) is 0 Å². The highest BCUT2D eigenvalue weighted by Gasteiger charge is 2.26. The molecule has 2 rings (SSSR count). The van der Waals surface area contributed by atoms with Gasteiger partial charge in [0.1, 0.15) is 0 Å². The number of nitrogens with zero attached hydrogens (tertiary/aromatic N) is 1. The van der Waals surface area contributed by atoms with Crippen molar-refractivity contribution in [3.8, 4) is 0 Å². The van der Waals surface area contributed by atoms with Gasteiger partial charge in [0, 0.05) is 25.2 Å². The van der Waals surface area contributed by atoms with Crippen molar-refractivity contribution in [3.05, 3.63) is 0 Å². The summed E-state index contributed by atoms with van der Waals surface area (Å²) in [7, 11) is 0. The molecule has 2 heteroatoms. The first-order valence-electron chi connectivity index (χ1n) is 7.80. The normalized spacial score (nSPS) is 36.7. The summed E-state index contributed by atoms with van der Waals surface area (Å²) in [5, 5.41) is 3.68. The Morgan fingerprint density at radius 2 is 1.71 bits per heavy atom. The Morgan fingerprint density at radius 3 is 2.35 bits per heavy atom. The summed E-state index contributed by atoms with van der Waals surface area (Å²) in [4.78, 5) is 2.77. The van der Waals surface area contributed by atoms with Crippen LogP contribution in [0.25, 0.3) is 0 Å². The van der Waals surface area contributed by atoms with Crippen LogP contribution in [-0.2, 0) is 0 Å². The van der Waals surface area contributed by atoms with Gasteiger partial charge < -0.3 is 5.32 Å². The zero-order chi connectivity index (χ0) is 12.1. The van der Waals surface area contributed by atoms with Crippen molar-refractivity contribution in [2.75, 3.05) is 19.6 Å². The third kappa shape index (κ3) is 3.69. The van der Waals surface area contributed by atoms with Crippen molar-refractivity contribution in [1.82, 2.24) is 10.2 Å². The van der Waals surface area contributed by atoms with E-state index in [2.05, 4.69) is 24.1 Å². The van der Waals surface area contributed by atoms with Gasteiger partial charge in [-0.2, -0.15) is 0 Å². The van der Waals surface area contributed by atoms with Crippen LogP contribution in [-0.4, -0.2) is 36.6 Å². The predicted octanol–water partition coefficient (Wildman–Crippen LogP) is 3.03. The van der Waals surface area contributed by atoms with E-state index in [1.165, 1.54) is 64.6 Å². The van der Waals surface area contributed by atoms with Crippen molar-refractivity contribution >= 4 is 0 Å². The molecule has 2 fully saturated rings. The molecular weight excluding hydrogens is 208 g/mol. The van der Waals surface area contributed by atoms with Crippen molar-refractivity contribution < 1.29 is 0 Å². The van der Waals surface area contributed by atoms with E-state index in [1.807, 2.05) is 0 Å². The molecular formula is C15H30N2. The monoisotopic (exact) mass is 238 g/mol. The van der Waals surface area contributed by atoms with E-state index in [4.69, 9.17) is 0 Å². The fourth-order valence-electron chi connectivity index (χ4n) is 3.58. The van der Waals surface area contributed by atoms with E-state index in [1.54, 1.807) is 0 Å². The number of rotatable bonds is 3. The van der Waals surface area contributed by atoms with Gasteiger partial charge in [-0.25, -0.2) is 0 Å². The quantitative estimate of drug-likeness (QED) is 0.813. The molecule has 0 radical (unpaired) electrons. The standard InChI is InChI=1S/C15H30N2/c1-3-13-5-7-15(8-6-13)17-11-9-14(4-2)16-10-12-17/h13-16H,3-12H2,1-2H3. The van der Waals surface area contributed by atoms with Crippen LogP contribution < -0.4 is 5.32 Å². The second kappa shape index (κ2) is 6.75. The Hall–Kier alpha value is -0.0800. The summed E-state index contributed by atoms with van der Waals surface area (Å²) >= 11 is 0. The molecule has 0 spiro atoms. The molecule has 0 bridgehead atoms. The first kappa shape index (κ1) is 13.4. The smallest absolute Gasteiger partial charge is 0.0110 e. The van der Waals surface area contributed by atoms with Crippen LogP contribution >= 0.6 is 0 Å². The van der Waals surface area contributed by atoms with Gasteiger partial charge in [0.15, 0.2) is 0 Å². The first-order valence-corrected chi connectivity index (χ1v) is 7.80. The molecule has 0 aromatic carbocycles. The van der Waals surface area contributed by atoms with Gasteiger partial charge in [0.05, 0.1) is 0 Å². The van der Waals surface area contributed by atoms with Crippen LogP contribution in [0.15, 0.2) is 0 Å². The molecule has 1 heterocycles. The van der Waals surface area contributed by atoms with E-state index in [0.29, 0.717) is 0 Å². The number of hydrogen-bond acceptors (Lipinski definition) is 2. The molecule has 1 N–H and O–H groups in total. The Morgan fingerprint density at radius 1 is 0.941 bits per heavy atom. The van der Waals surface area contributed by atoms with Gasteiger partial charge in [-0.1, -0.05) is 20.3 Å². The summed E-state index contributed by atoms with van der Waals surface area (Å²) in [6.45, 7) is 8.46. The number of nitrogens with one attached hydrogen (secondary N) is 1. The van der Waals surface area contributed by atoms with Gasteiger partial charge >= 0.3 is 0 Å². The van der Waals surface area contributed by atoms with Gasteiger partial charge in [0.2, 0.25) is 0 Å². The second-order valence-electron chi connectivity index (χ2n) is 5.97. The van der Waals surface area contributed by atoms with E-state index in [-0.39, 0.29) is 0 Å². The van der Waals surface area contributed by atoms with Gasteiger partial charge in [-0.15, -0.1) is 0 Å². The first-order chi connectivity index (χ1) is 8.33. The molecule has 1 aliphatic heterocycles. The van der Waals surface area contributed by atoms with Crippen LogP contribution in [0.2, 0.25) is 0 Å². The van der Waals surface area contributed by atoms with E-state index < -0.39 is 0 Å². The highest BCUT2D eigenvalue weighted by molar-refractivity contribution is 4.83. The molecule has 17 heavy (non-hydrogen) atoms. The van der Waals surface area contributed by atoms with E-state index in [0.717, 1.165) is 18.0 Å². The maximum atomic E-state index is 3.68. The van der Waals surface area contributed by atoms with Crippen LogP contribution in [0.5, 0.6) is 0 Å². The maximum absolute atomic E-state index is 3.68. The summed E-state index contributed by atoms with van der Waals surface area (Å²) in [6.07, 6.45) is 9.89. The average Bonchev–Trinajstić information content (AvgIpc) is 2.64. The minimum absolute atomic E-state index is 0.770. The fourth-order valence-corrected chi connectivity index (χ4v) is 3.58. The molecule has 1 saturated heterocycles. The van der Waals surface area contributed by atoms with Gasteiger partial charge in [-0.3, -0.25) is 4.90 Å². The number of hydrogen-bond donors (Lipinski definition) is 1. The summed E-state index contributed by atoms with van der Waals surface area (Å²) in [5.41, 5.74) is 0. The highest BCUT2D eigenvalue weighted by atomic mass is 15.2. The third-order valence-corrected chi connectivity index (χ3v) is 5.00. The molecule has 1 aliphatic carbocycles. The van der Waals surface area contributed by atoms with Crippen molar-refractivity contribution in [2.45, 2.75) is 70.9 Å². The van der Waals surface area contributed by atoms with Crippen molar-refractivity contribution in [1.29, 1.82) is 0 Å². The Bertz CT molecular complexity index is 209. The van der Waals surface area contributed by atoms with Crippen LogP contribution in [0.1, 0.15) is 58.8 Å². The molecule has 0 aromatic heterocycles. The second-order valence-corrected chi connectivity index (χ2v) is 5.97. The van der Waals surface area contributed by atoms with Crippen molar-refractivity contribution in [3.63, 3.8) is 0 Å².